The van der Waals surface area contributed by atoms with E-state index in [-0.39, 0.29) is 5.70 Å². The van der Waals surface area contributed by atoms with Crippen LogP contribution in [-0.4, -0.2) is 65.3 Å². The predicted octanol–water partition coefficient (Wildman–Crippen LogP) is -1.28. The van der Waals surface area contributed by atoms with E-state index in [0.29, 0.717) is 22.2 Å². The normalized spacial score (nSPS) is 19.6. The van der Waals surface area contributed by atoms with Crippen molar-refractivity contribution in [2.24, 2.45) is 12.8 Å². The lowest BCUT2D eigenvalue weighted by molar-refractivity contribution is -0.139. The van der Waals surface area contributed by atoms with Crippen molar-refractivity contribution in [1.82, 2.24) is 25.5 Å². The van der Waals surface area contributed by atoms with Gasteiger partial charge in [-0.05, 0) is 16.0 Å². The average Bonchev–Trinajstić information content (AvgIpc) is 2.89. The summed E-state index contributed by atoms with van der Waals surface area (Å²) < 4.78 is 1.48. The second-order valence-electron chi connectivity index (χ2n) is 4.40. The predicted molar refractivity (Wildman–Crippen MR) is 79.2 cm³/mol. The number of carboxylic acid groups (broad SMARTS) is 2. The highest BCUT2D eigenvalue weighted by Crippen LogP contribution is 2.28. The number of aliphatic carboxylic acids is 2. The fraction of sp³-hybridized carbons (Fsp3) is 0.500. The summed E-state index contributed by atoms with van der Waals surface area (Å²) in [6.07, 6.45) is 0. The van der Waals surface area contributed by atoms with Gasteiger partial charge in [-0.15, -0.1) is 16.9 Å². The summed E-state index contributed by atoms with van der Waals surface area (Å²) in [5, 5.41) is 31.8. The minimum absolute atomic E-state index is 0.0110. The van der Waals surface area contributed by atoms with Gasteiger partial charge in [-0.1, -0.05) is 11.8 Å². The Kier molecular flexibility index (Phi) is 5.26. The molecule has 0 spiro atoms. The Labute approximate surface area is 133 Å². The zero-order valence-electron chi connectivity index (χ0n) is 11.5. The largest absolute Gasteiger partial charge is 0.480 e. The van der Waals surface area contributed by atoms with E-state index < -0.39 is 23.4 Å². The van der Waals surface area contributed by atoms with E-state index in [1.165, 1.54) is 28.2 Å². The van der Waals surface area contributed by atoms with Crippen LogP contribution in [0.3, 0.4) is 0 Å². The van der Waals surface area contributed by atoms with Gasteiger partial charge in [0.05, 0.1) is 5.37 Å². The molecule has 0 aromatic carbocycles. The molecule has 1 aromatic rings. The van der Waals surface area contributed by atoms with Gasteiger partial charge in [0, 0.05) is 18.6 Å². The van der Waals surface area contributed by atoms with Gasteiger partial charge in [0.2, 0.25) is 5.16 Å². The molecule has 0 saturated heterocycles. The molecule has 0 saturated carbocycles. The summed E-state index contributed by atoms with van der Waals surface area (Å²) in [7, 11) is 1.69. The molecule has 22 heavy (non-hydrogen) atoms. The number of carbonyl (C=O) groups is 2. The van der Waals surface area contributed by atoms with E-state index in [2.05, 4.69) is 20.8 Å². The third-order valence-corrected chi connectivity index (χ3v) is 5.24. The number of hydrogen-bond donors (Lipinski definition) is 4. The summed E-state index contributed by atoms with van der Waals surface area (Å²) in [6.45, 7) is 0. The number of nitrogens with two attached hydrogens (primary N) is 1. The quantitative estimate of drug-likeness (QED) is 0.455. The molecule has 120 valence electrons. The molecule has 0 aliphatic carbocycles. The first-order valence-corrected chi connectivity index (χ1v) is 8.10. The first kappa shape index (κ1) is 16.6. The molecule has 1 aromatic heterocycles. The summed E-state index contributed by atoms with van der Waals surface area (Å²) in [5.41, 5.74) is 6.16. The third kappa shape index (κ3) is 3.69. The number of aryl methyl sites for hydroxylation is 1. The Bertz CT molecular complexity index is 618. The van der Waals surface area contributed by atoms with Crippen molar-refractivity contribution in [2.45, 2.75) is 16.6 Å². The summed E-state index contributed by atoms with van der Waals surface area (Å²) in [6, 6.07) is -1.18. The minimum atomic E-state index is -1.18. The molecular weight excluding hydrogens is 332 g/mol. The van der Waals surface area contributed by atoms with Crippen LogP contribution in [-0.2, 0) is 16.6 Å². The van der Waals surface area contributed by atoms with Gasteiger partial charge in [0.1, 0.15) is 11.7 Å². The highest BCUT2D eigenvalue weighted by molar-refractivity contribution is 8.00. The van der Waals surface area contributed by atoms with E-state index in [0.717, 1.165) is 0 Å². The van der Waals surface area contributed by atoms with Gasteiger partial charge in [-0.3, -0.25) is 4.79 Å². The lowest BCUT2D eigenvalue weighted by Gasteiger charge is -2.29. The Balaban J connectivity index is 2.10. The molecule has 10 nitrogen and oxygen atoms in total. The Morgan fingerprint density at radius 1 is 1.59 bits per heavy atom. The lowest BCUT2D eigenvalue weighted by atomic mass is 10.2. The van der Waals surface area contributed by atoms with Crippen LogP contribution in [0.15, 0.2) is 16.4 Å². The minimum Gasteiger partial charge on any atom is -0.480 e. The number of hydrogen-bond acceptors (Lipinski definition) is 9. The maximum absolute atomic E-state index is 11.4. The van der Waals surface area contributed by atoms with Crippen LogP contribution in [0.2, 0.25) is 0 Å². The van der Waals surface area contributed by atoms with Crippen molar-refractivity contribution in [3.8, 4) is 0 Å². The maximum atomic E-state index is 11.4. The number of nitrogens with one attached hydrogen (secondary N) is 1. The zero-order valence-corrected chi connectivity index (χ0v) is 13.1. The van der Waals surface area contributed by atoms with E-state index >= 15 is 0 Å². The molecule has 2 rings (SSSR count). The summed E-state index contributed by atoms with van der Waals surface area (Å²) in [4.78, 5) is 22.3. The Morgan fingerprint density at radius 3 is 2.86 bits per heavy atom. The van der Waals surface area contributed by atoms with Crippen LogP contribution >= 0.6 is 23.5 Å². The van der Waals surface area contributed by atoms with E-state index in [1.54, 1.807) is 7.05 Å². The summed E-state index contributed by atoms with van der Waals surface area (Å²) in [5.74, 6) is -1.57. The smallest absolute Gasteiger partial charge is 0.351 e. The number of nitrogens with zero attached hydrogens (tertiary/aromatic N) is 4. The highest BCUT2D eigenvalue weighted by atomic mass is 32.2. The highest BCUT2D eigenvalue weighted by Gasteiger charge is 2.32. The van der Waals surface area contributed by atoms with Crippen molar-refractivity contribution < 1.29 is 19.8 Å². The van der Waals surface area contributed by atoms with Gasteiger partial charge < -0.3 is 21.3 Å². The number of thioether (sulfide) groups is 2. The van der Waals surface area contributed by atoms with Gasteiger partial charge in [-0.25, -0.2) is 9.48 Å². The first-order chi connectivity index (χ1) is 10.4. The number of carboxylic acids is 2. The fourth-order valence-electron chi connectivity index (χ4n) is 1.69. The van der Waals surface area contributed by atoms with E-state index in [1.807, 2.05) is 0 Å². The monoisotopic (exact) mass is 346 g/mol. The summed E-state index contributed by atoms with van der Waals surface area (Å²) >= 11 is 2.56. The van der Waals surface area contributed by atoms with Crippen molar-refractivity contribution in [2.75, 3.05) is 11.5 Å². The molecule has 1 aliphatic rings. The van der Waals surface area contributed by atoms with Crippen LogP contribution in [0, 0.1) is 0 Å². The number of tetrazole rings is 1. The van der Waals surface area contributed by atoms with Gasteiger partial charge in [0.25, 0.3) is 0 Å². The second kappa shape index (κ2) is 6.98. The Hall–Kier alpha value is -1.79. The molecule has 0 radical (unpaired) electrons. The van der Waals surface area contributed by atoms with Crippen LogP contribution in [0.5, 0.6) is 0 Å². The standard InChI is InChI=1S/C10H14N6O4S2/c1-16-10(13-14-15-16)22-3-4-2-21-7(5(11)8(17)18)12-6(4)9(19)20/h5,7,12H,2-3,11H2,1H3,(H,17,18)(H,19,20)/t5-,7+/m0/s1. The van der Waals surface area contributed by atoms with Crippen LogP contribution < -0.4 is 11.1 Å². The van der Waals surface area contributed by atoms with Gasteiger partial charge >= 0.3 is 11.9 Å². The first-order valence-electron chi connectivity index (χ1n) is 6.07. The molecule has 0 fully saturated rings. The fourth-order valence-corrected chi connectivity index (χ4v) is 3.84. The average molecular weight is 346 g/mol. The van der Waals surface area contributed by atoms with Crippen molar-refractivity contribution in [1.29, 1.82) is 0 Å². The SMILES string of the molecule is Cn1nnnc1SCC1=C(C(=O)O)N[C@@H]([C@H](N)C(=O)O)SC1. The lowest BCUT2D eigenvalue weighted by Crippen LogP contribution is -2.50. The van der Waals surface area contributed by atoms with E-state index in [9.17, 15) is 14.7 Å². The maximum Gasteiger partial charge on any atom is 0.351 e. The second-order valence-corrected chi connectivity index (χ2v) is 6.47. The van der Waals surface area contributed by atoms with Crippen LogP contribution in [0.4, 0.5) is 0 Å². The number of rotatable bonds is 6. The molecule has 0 bridgehead atoms. The van der Waals surface area contributed by atoms with Gasteiger partial charge in [-0.2, -0.15) is 0 Å². The molecule has 1 aliphatic heterocycles. The Morgan fingerprint density at radius 2 is 2.32 bits per heavy atom. The molecular formula is C10H14N6O4S2. The van der Waals surface area contributed by atoms with Gasteiger partial charge in [0.15, 0.2) is 0 Å². The van der Waals surface area contributed by atoms with Crippen LogP contribution in [0.25, 0.3) is 0 Å². The molecule has 0 amide bonds. The van der Waals surface area contributed by atoms with Crippen molar-refractivity contribution in [3.05, 3.63) is 11.3 Å². The molecule has 12 heteroatoms. The molecule has 2 heterocycles. The van der Waals surface area contributed by atoms with Crippen molar-refractivity contribution in [3.63, 3.8) is 0 Å². The number of aromatic nitrogens is 4. The molecule has 2 atom stereocenters. The molecule has 5 N–H and O–H groups in total. The van der Waals surface area contributed by atoms with Crippen molar-refractivity contribution >= 4 is 35.5 Å². The topological polar surface area (TPSA) is 156 Å². The zero-order chi connectivity index (χ0) is 16.3. The van der Waals surface area contributed by atoms with E-state index in [4.69, 9.17) is 10.8 Å². The molecule has 0 unspecified atom stereocenters. The third-order valence-electron chi connectivity index (χ3n) is 2.86. The van der Waals surface area contributed by atoms with Crippen LogP contribution in [0.1, 0.15) is 0 Å².